The Kier molecular flexibility index (Phi) is 6.32. The Balaban J connectivity index is 1.67. The molecule has 146 valence electrons. The van der Waals surface area contributed by atoms with E-state index in [0.717, 1.165) is 0 Å². The molecule has 0 fully saturated rings. The maximum Gasteiger partial charge on any atom is 0.338 e. The summed E-state index contributed by atoms with van der Waals surface area (Å²) in [5.41, 5.74) is 1.74. The lowest BCUT2D eigenvalue weighted by Crippen LogP contribution is -2.18. The summed E-state index contributed by atoms with van der Waals surface area (Å²) in [4.78, 5) is 40.6. The average molecular weight is 389 g/mol. The molecule has 0 radical (unpaired) electrons. The second kappa shape index (κ2) is 9.27. The van der Waals surface area contributed by atoms with Crippen LogP contribution in [0.5, 0.6) is 0 Å². The lowest BCUT2D eigenvalue weighted by Gasteiger charge is -2.08. The van der Waals surface area contributed by atoms with E-state index in [1.165, 1.54) is 12.1 Å². The molecule has 29 heavy (non-hydrogen) atoms. The van der Waals surface area contributed by atoms with Gasteiger partial charge in [-0.25, -0.2) is 9.78 Å². The van der Waals surface area contributed by atoms with Crippen LogP contribution in [0.2, 0.25) is 0 Å². The van der Waals surface area contributed by atoms with Crippen LogP contribution in [0.25, 0.3) is 0 Å². The highest BCUT2D eigenvalue weighted by Gasteiger charge is 2.13. The molecule has 0 saturated carbocycles. The molecule has 3 rings (SSSR count). The minimum atomic E-state index is -0.469. The third-order valence-corrected chi connectivity index (χ3v) is 3.90. The largest absolute Gasteiger partial charge is 0.462 e. The highest BCUT2D eigenvalue weighted by atomic mass is 16.5. The first-order chi connectivity index (χ1) is 14.1. The van der Waals surface area contributed by atoms with Gasteiger partial charge in [0.15, 0.2) is 0 Å². The molecule has 3 aromatic rings. The van der Waals surface area contributed by atoms with Crippen LogP contribution in [0.1, 0.15) is 38.3 Å². The van der Waals surface area contributed by atoms with Gasteiger partial charge in [-0.15, -0.1) is 0 Å². The Morgan fingerprint density at radius 3 is 1.86 bits per heavy atom. The van der Waals surface area contributed by atoms with Gasteiger partial charge in [0, 0.05) is 11.4 Å². The number of carbonyl (C=O) groups is 3. The summed E-state index contributed by atoms with van der Waals surface area (Å²) < 4.78 is 4.92. The third kappa shape index (κ3) is 5.26. The first kappa shape index (κ1) is 19.8. The quantitative estimate of drug-likeness (QED) is 0.626. The second-order valence-corrected chi connectivity index (χ2v) is 5.98. The molecule has 0 saturated heterocycles. The number of benzene rings is 2. The SMILES string of the molecule is CCOC(=O)c1ccc(NC(=O)c2cccc(C(=O)Nc3ccccc3)n2)cc1. The van der Waals surface area contributed by atoms with Crippen LogP contribution in [0.3, 0.4) is 0 Å². The zero-order valence-corrected chi connectivity index (χ0v) is 15.7. The van der Waals surface area contributed by atoms with Crippen molar-refractivity contribution in [3.8, 4) is 0 Å². The summed E-state index contributed by atoms with van der Waals surface area (Å²) in [5.74, 6) is -1.31. The first-order valence-electron chi connectivity index (χ1n) is 8.99. The number of hydrogen-bond donors (Lipinski definition) is 2. The minimum Gasteiger partial charge on any atom is -0.462 e. The highest BCUT2D eigenvalue weighted by Crippen LogP contribution is 2.13. The Morgan fingerprint density at radius 1 is 0.759 bits per heavy atom. The number of rotatable bonds is 6. The summed E-state index contributed by atoms with van der Waals surface area (Å²) in [6.07, 6.45) is 0. The number of anilines is 2. The third-order valence-electron chi connectivity index (χ3n) is 3.90. The van der Waals surface area contributed by atoms with E-state index >= 15 is 0 Å². The van der Waals surface area contributed by atoms with Crippen molar-refractivity contribution in [2.24, 2.45) is 0 Å². The van der Waals surface area contributed by atoms with E-state index in [1.807, 2.05) is 6.07 Å². The molecule has 0 atom stereocenters. The normalized spacial score (nSPS) is 10.1. The van der Waals surface area contributed by atoms with Gasteiger partial charge >= 0.3 is 5.97 Å². The molecule has 1 heterocycles. The number of hydrogen-bond acceptors (Lipinski definition) is 5. The molecule has 0 aliphatic carbocycles. The minimum absolute atomic E-state index is 0.0974. The van der Waals surface area contributed by atoms with Gasteiger partial charge in [-0.05, 0) is 55.5 Å². The molecule has 7 heteroatoms. The number of pyridine rings is 1. The van der Waals surface area contributed by atoms with Gasteiger partial charge in [-0.2, -0.15) is 0 Å². The summed E-state index contributed by atoms with van der Waals surface area (Å²) >= 11 is 0. The van der Waals surface area contributed by atoms with Crippen LogP contribution < -0.4 is 10.6 Å². The summed E-state index contributed by atoms with van der Waals surface area (Å²) in [7, 11) is 0. The zero-order chi connectivity index (χ0) is 20.6. The van der Waals surface area contributed by atoms with Crippen molar-refractivity contribution >= 4 is 29.2 Å². The average Bonchev–Trinajstić information content (AvgIpc) is 2.75. The van der Waals surface area contributed by atoms with Gasteiger partial charge in [-0.1, -0.05) is 24.3 Å². The Bertz CT molecular complexity index is 1020. The number of carbonyl (C=O) groups excluding carboxylic acids is 3. The zero-order valence-electron chi connectivity index (χ0n) is 15.7. The summed E-state index contributed by atoms with van der Waals surface area (Å²) in [6, 6.07) is 19.9. The number of para-hydroxylation sites is 1. The molecule has 7 nitrogen and oxygen atoms in total. The summed E-state index contributed by atoms with van der Waals surface area (Å²) in [5, 5.41) is 5.41. The maximum absolute atomic E-state index is 12.5. The highest BCUT2D eigenvalue weighted by molar-refractivity contribution is 6.06. The van der Waals surface area contributed by atoms with Gasteiger partial charge < -0.3 is 15.4 Å². The first-order valence-corrected chi connectivity index (χ1v) is 8.99. The van der Waals surface area contributed by atoms with Crippen molar-refractivity contribution in [3.63, 3.8) is 0 Å². The Morgan fingerprint density at radius 2 is 1.31 bits per heavy atom. The molecule has 0 spiro atoms. The van der Waals surface area contributed by atoms with Crippen LogP contribution in [0.15, 0.2) is 72.8 Å². The smallest absolute Gasteiger partial charge is 0.338 e. The molecule has 0 aliphatic rings. The molecule has 2 N–H and O–H groups in total. The van der Waals surface area contributed by atoms with Crippen molar-refractivity contribution < 1.29 is 19.1 Å². The van der Waals surface area contributed by atoms with Crippen LogP contribution >= 0.6 is 0 Å². The van der Waals surface area contributed by atoms with E-state index in [9.17, 15) is 14.4 Å². The lowest BCUT2D eigenvalue weighted by atomic mass is 10.2. The van der Waals surface area contributed by atoms with E-state index in [0.29, 0.717) is 16.9 Å². The predicted molar refractivity (Wildman–Crippen MR) is 109 cm³/mol. The van der Waals surface area contributed by atoms with E-state index < -0.39 is 17.8 Å². The topological polar surface area (TPSA) is 97.4 Å². The molecule has 2 aromatic carbocycles. The van der Waals surface area contributed by atoms with Gasteiger partial charge in [0.05, 0.1) is 12.2 Å². The molecule has 2 amide bonds. The van der Waals surface area contributed by atoms with Crippen molar-refractivity contribution in [3.05, 3.63) is 89.7 Å². The lowest BCUT2D eigenvalue weighted by molar-refractivity contribution is 0.0526. The standard InChI is InChI=1S/C22H19N3O4/c1-2-29-22(28)15-11-13-17(14-12-15)24-21(27)19-10-6-9-18(25-19)20(26)23-16-7-4-3-5-8-16/h3-14H,2H2,1H3,(H,23,26)(H,24,27). The number of amides is 2. The van der Waals surface area contributed by atoms with Crippen molar-refractivity contribution in [2.75, 3.05) is 17.2 Å². The number of nitrogens with one attached hydrogen (secondary N) is 2. The molecule has 0 unspecified atom stereocenters. The number of esters is 1. The predicted octanol–water partition coefficient (Wildman–Crippen LogP) is 3.76. The molecule has 1 aromatic heterocycles. The van der Waals surface area contributed by atoms with Crippen molar-refractivity contribution in [1.82, 2.24) is 4.98 Å². The maximum atomic E-state index is 12.5. The van der Waals surface area contributed by atoms with Crippen molar-refractivity contribution in [2.45, 2.75) is 6.92 Å². The number of ether oxygens (including phenoxy) is 1. The fourth-order valence-electron chi connectivity index (χ4n) is 2.50. The number of aromatic nitrogens is 1. The van der Waals surface area contributed by atoms with Gasteiger partial charge in [0.25, 0.3) is 11.8 Å². The monoisotopic (exact) mass is 389 g/mol. The molecule has 0 bridgehead atoms. The van der Waals surface area contributed by atoms with Gasteiger partial charge in [0.1, 0.15) is 11.4 Å². The van der Waals surface area contributed by atoms with E-state index in [4.69, 9.17) is 4.74 Å². The Labute approximate surface area is 167 Å². The molecular weight excluding hydrogens is 370 g/mol. The van der Waals surface area contributed by atoms with Gasteiger partial charge in [-0.3, -0.25) is 9.59 Å². The second-order valence-electron chi connectivity index (χ2n) is 5.98. The van der Waals surface area contributed by atoms with Crippen LogP contribution in [0.4, 0.5) is 11.4 Å². The van der Waals surface area contributed by atoms with E-state index in [-0.39, 0.29) is 18.0 Å². The fourth-order valence-corrected chi connectivity index (χ4v) is 2.50. The molecular formula is C22H19N3O4. The van der Waals surface area contributed by atoms with Crippen LogP contribution in [-0.2, 0) is 4.74 Å². The van der Waals surface area contributed by atoms with Gasteiger partial charge in [0.2, 0.25) is 0 Å². The summed E-state index contributed by atoms with van der Waals surface area (Å²) in [6.45, 7) is 2.02. The van der Waals surface area contributed by atoms with E-state index in [2.05, 4.69) is 15.6 Å². The molecule has 0 aliphatic heterocycles. The van der Waals surface area contributed by atoms with Crippen molar-refractivity contribution in [1.29, 1.82) is 0 Å². The fraction of sp³-hybridized carbons (Fsp3) is 0.0909. The van der Waals surface area contributed by atoms with Crippen LogP contribution in [-0.4, -0.2) is 29.4 Å². The van der Waals surface area contributed by atoms with E-state index in [1.54, 1.807) is 61.5 Å². The van der Waals surface area contributed by atoms with Crippen LogP contribution in [0, 0.1) is 0 Å². The number of nitrogens with zero attached hydrogens (tertiary/aromatic N) is 1. The Hall–Kier alpha value is -4.00.